The van der Waals surface area contributed by atoms with Gasteiger partial charge in [-0.2, -0.15) is 4.68 Å². The molecule has 1 N–H and O–H groups in total. The summed E-state index contributed by atoms with van der Waals surface area (Å²) in [6.07, 6.45) is 0. The van der Waals surface area contributed by atoms with E-state index in [0.717, 1.165) is 16.3 Å². The number of nitrogens with zero attached hydrogens (tertiary/aromatic N) is 3. The van der Waals surface area contributed by atoms with Gasteiger partial charge in [0.2, 0.25) is 0 Å². The molecule has 0 unspecified atom stereocenters. The lowest BCUT2D eigenvalue weighted by molar-refractivity contribution is -0.384. The summed E-state index contributed by atoms with van der Waals surface area (Å²) in [4.78, 5) is 40.9. The first kappa shape index (κ1) is 19.0. The molecule has 4 rings (SSSR count). The van der Waals surface area contributed by atoms with Gasteiger partial charge >= 0.3 is 0 Å². The van der Waals surface area contributed by atoms with Gasteiger partial charge in [-0.3, -0.25) is 25.1 Å². The van der Waals surface area contributed by atoms with Gasteiger partial charge in [0.05, 0.1) is 15.8 Å². The van der Waals surface area contributed by atoms with Crippen LogP contribution in [0, 0.1) is 17.0 Å². The number of carbonyl (C=O) groups is 1. The summed E-state index contributed by atoms with van der Waals surface area (Å²) in [7, 11) is 0. The zero-order valence-electron chi connectivity index (χ0n) is 15.9. The van der Waals surface area contributed by atoms with Crippen molar-refractivity contribution in [3.63, 3.8) is 0 Å². The van der Waals surface area contributed by atoms with Crippen LogP contribution in [0.5, 0.6) is 0 Å². The molecule has 1 heterocycles. The van der Waals surface area contributed by atoms with Gasteiger partial charge in [-0.25, -0.2) is 4.98 Å². The van der Waals surface area contributed by atoms with Crippen LogP contribution in [0.15, 0.2) is 77.6 Å². The molecular weight excluding hydrogens is 384 g/mol. The van der Waals surface area contributed by atoms with Crippen LogP contribution in [-0.2, 0) is 0 Å². The lowest BCUT2D eigenvalue weighted by Crippen LogP contribution is -2.35. The maximum atomic E-state index is 13.1. The van der Waals surface area contributed by atoms with Gasteiger partial charge in [0.15, 0.2) is 5.82 Å². The van der Waals surface area contributed by atoms with E-state index in [2.05, 4.69) is 10.4 Å². The third kappa shape index (κ3) is 3.53. The molecule has 0 bridgehead atoms. The molecule has 148 valence electrons. The second kappa shape index (κ2) is 7.59. The number of non-ortho nitro benzene ring substituents is 1. The highest BCUT2D eigenvalue weighted by molar-refractivity contribution is 6.00. The number of nitro groups is 1. The molecule has 1 amide bonds. The molecule has 4 aromatic rings. The number of amides is 1. The largest absolute Gasteiger partial charge is 0.280 e. The molecule has 8 heteroatoms. The maximum Gasteiger partial charge on any atom is 0.280 e. The van der Waals surface area contributed by atoms with Crippen LogP contribution in [0.3, 0.4) is 0 Å². The second-order valence-corrected chi connectivity index (χ2v) is 6.71. The minimum Gasteiger partial charge on any atom is -0.267 e. The molecule has 30 heavy (non-hydrogen) atoms. The number of para-hydroxylation sites is 1. The van der Waals surface area contributed by atoms with Crippen molar-refractivity contribution in [3.8, 4) is 11.4 Å². The number of aromatic nitrogens is 2. The average molecular weight is 400 g/mol. The average Bonchev–Trinajstić information content (AvgIpc) is 2.76. The van der Waals surface area contributed by atoms with Crippen molar-refractivity contribution in [3.05, 3.63) is 104 Å². The van der Waals surface area contributed by atoms with E-state index >= 15 is 0 Å². The Labute approximate surface area is 170 Å². The van der Waals surface area contributed by atoms with E-state index in [4.69, 9.17) is 0 Å². The Morgan fingerprint density at radius 3 is 2.50 bits per heavy atom. The molecule has 0 saturated carbocycles. The Balaban J connectivity index is 1.85. The summed E-state index contributed by atoms with van der Waals surface area (Å²) in [5.74, 6) is -0.399. The van der Waals surface area contributed by atoms with Gasteiger partial charge < -0.3 is 0 Å². The van der Waals surface area contributed by atoms with Crippen LogP contribution in [-0.4, -0.2) is 20.5 Å². The van der Waals surface area contributed by atoms with Gasteiger partial charge in [0, 0.05) is 23.3 Å². The highest BCUT2D eigenvalue weighted by Gasteiger charge is 2.17. The molecule has 8 nitrogen and oxygen atoms in total. The van der Waals surface area contributed by atoms with Crippen molar-refractivity contribution in [2.45, 2.75) is 6.92 Å². The predicted molar refractivity (Wildman–Crippen MR) is 113 cm³/mol. The van der Waals surface area contributed by atoms with Crippen molar-refractivity contribution in [1.82, 2.24) is 9.66 Å². The Morgan fingerprint density at radius 1 is 1.03 bits per heavy atom. The quantitative estimate of drug-likeness (QED) is 0.415. The zero-order chi connectivity index (χ0) is 21.3. The monoisotopic (exact) mass is 400 g/mol. The number of aryl methyl sites for hydroxylation is 1. The normalized spacial score (nSPS) is 10.7. The van der Waals surface area contributed by atoms with Gasteiger partial charge in [0.1, 0.15) is 0 Å². The molecule has 0 radical (unpaired) electrons. The van der Waals surface area contributed by atoms with Crippen LogP contribution in [0.4, 0.5) is 5.69 Å². The van der Waals surface area contributed by atoms with Crippen molar-refractivity contribution < 1.29 is 9.72 Å². The molecule has 3 aromatic carbocycles. The second-order valence-electron chi connectivity index (χ2n) is 6.71. The van der Waals surface area contributed by atoms with Crippen molar-refractivity contribution in [2.24, 2.45) is 0 Å². The number of nitrogens with one attached hydrogen (secondary N) is 1. The summed E-state index contributed by atoms with van der Waals surface area (Å²) in [5, 5.41) is 11.4. The third-order valence-corrected chi connectivity index (χ3v) is 4.62. The van der Waals surface area contributed by atoms with E-state index in [0.29, 0.717) is 16.5 Å². The molecule has 0 spiro atoms. The Hall–Kier alpha value is -4.33. The molecule has 0 aliphatic carbocycles. The summed E-state index contributed by atoms with van der Waals surface area (Å²) in [6, 6.07) is 19.5. The van der Waals surface area contributed by atoms with Gasteiger partial charge in [-0.15, -0.1) is 0 Å². The first-order valence-corrected chi connectivity index (χ1v) is 9.09. The zero-order valence-corrected chi connectivity index (χ0v) is 15.9. The van der Waals surface area contributed by atoms with E-state index in [1.54, 1.807) is 24.3 Å². The lowest BCUT2D eigenvalue weighted by atomic mass is 10.1. The first-order chi connectivity index (χ1) is 14.4. The van der Waals surface area contributed by atoms with Crippen LogP contribution in [0.1, 0.15) is 15.9 Å². The molecule has 0 aliphatic rings. The molecule has 0 saturated heterocycles. The van der Waals surface area contributed by atoms with Crippen molar-refractivity contribution in [1.29, 1.82) is 0 Å². The number of hydrogen-bond donors (Lipinski definition) is 1. The highest BCUT2D eigenvalue weighted by Crippen LogP contribution is 2.19. The van der Waals surface area contributed by atoms with E-state index in [1.807, 2.05) is 31.2 Å². The number of hydrogen-bond acceptors (Lipinski definition) is 5. The number of nitro benzene ring substituents is 1. The number of rotatable bonds is 4. The van der Waals surface area contributed by atoms with Gasteiger partial charge in [0.25, 0.3) is 17.2 Å². The maximum absolute atomic E-state index is 13.1. The lowest BCUT2D eigenvalue weighted by Gasteiger charge is -2.15. The Morgan fingerprint density at radius 2 is 1.77 bits per heavy atom. The standard InChI is InChI=1S/C22H16N4O4/c1-14-9-11-15(12-10-14)20-23-19-8-3-2-7-18(19)22(28)25(20)24-21(27)16-5-4-6-17(13-16)26(29)30/h2-13H,1H3,(H,24,27). The summed E-state index contributed by atoms with van der Waals surface area (Å²) < 4.78 is 1.08. The minimum atomic E-state index is -0.661. The van der Waals surface area contributed by atoms with Crippen LogP contribution >= 0.6 is 0 Å². The van der Waals surface area contributed by atoms with Crippen LogP contribution < -0.4 is 11.0 Å². The smallest absolute Gasteiger partial charge is 0.267 e. The number of carbonyl (C=O) groups excluding carboxylic acids is 1. The fraction of sp³-hybridized carbons (Fsp3) is 0.0455. The summed E-state index contributed by atoms with van der Waals surface area (Å²) in [6.45, 7) is 1.94. The Bertz CT molecular complexity index is 1340. The minimum absolute atomic E-state index is 0.0547. The number of fused-ring (bicyclic) bond motifs is 1. The van der Waals surface area contributed by atoms with E-state index in [-0.39, 0.29) is 17.1 Å². The first-order valence-electron chi connectivity index (χ1n) is 9.09. The van der Waals surface area contributed by atoms with Crippen molar-refractivity contribution >= 4 is 22.5 Å². The molecule has 0 fully saturated rings. The topological polar surface area (TPSA) is 107 Å². The van der Waals surface area contributed by atoms with E-state index < -0.39 is 16.4 Å². The number of benzene rings is 3. The van der Waals surface area contributed by atoms with Crippen molar-refractivity contribution in [2.75, 3.05) is 5.43 Å². The fourth-order valence-electron chi connectivity index (χ4n) is 3.06. The molecule has 1 aromatic heterocycles. The Kier molecular flexibility index (Phi) is 4.81. The molecule has 0 aliphatic heterocycles. The van der Waals surface area contributed by atoms with E-state index in [9.17, 15) is 19.7 Å². The third-order valence-electron chi connectivity index (χ3n) is 4.62. The predicted octanol–water partition coefficient (Wildman–Crippen LogP) is 3.66. The van der Waals surface area contributed by atoms with E-state index in [1.165, 1.54) is 18.2 Å². The highest BCUT2D eigenvalue weighted by atomic mass is 16.6. The van der Waals surface area contributed by atoms with Gasteiger partial charge in [-0.05, 0) is 25.1 Å². The van der Waals surface area contributed by atoms with Gasteiger partial charge in [-0.1, -0.05) is 48.0 Å². The summed E-state index contributed by atoms with van der Waals surface area (Å²) >= 11 is 0. The molecule has 0 atom stereocenters. The molecular formula is C22H16N4O4. The SMILES string of the molecule is Cc1ccc(-c2nc3ccccc3c(=O)n2NC(=O)c2cccc([N+](=O)[O-])c2)cc1. The van der Waals surface area contributed by atoms with Crippen LogP contribution in [0.2, 0.25) is 0 Å². The fourth-order valence-corrected chi connectivity index (χ4v) is 3.06. The van der Waals surface area contributed by atoms with Crippen LogP contribution in [0.25, 0.3) is 22.3 Å². The summed E-state index contributed by atoms with van der Waals surface area (Å²) in [5.41, 5.74) is 4.11.